The largest absolute Gasteiger partial charge is 0.310 e. The van der Waals surface area contributed by atoms with Crippen LogP contribution in [0.4, 0.5) is 0 Å². The molecule has 2 N–H and O–H groups in total. The van der Waals surface area contributed by atoms with Crippen molar-refractivity contribution in [3.8, 4) is 0 Å². The van der Waals surface area contributed by atoms with E-state index in [0.29, 0.717) is 0 Å². The number of hydrogen-bond donors (Lipinski definition) is 2. The van der Waals surface area contributed by atoms with Crippen LogP contribution in [0, 0.1) is 10.8 Å². The van der Waals surface area contributed by atoms with Gasteiger partial charge in [0, 0.05) is 11.4 Å². The topological polar surface area (TPSA) is 47.7 Å². The van der Waals surface area contributed by atoms with Crippen LogP contribution in [-0.4, -0.2) is 11.4 Å². The molecule has 0 aromatic rings. The average molecular weight is 140 g/mol. The molecule has 0 aliphatic rings. The summed E-state index contributed by atoms with van der Waals surface area (Å²) in [4.78, 5) is 0. The Balaban J connectivity index is 3.35. The summed E-state index contributed by atoms with van der Waals surface area (Å²) in [5.74, 6) is 0. The SMILES string of the molecule is CCC(=N)CCC(=N)CC. The first kappa shape index (κ1) is 9.34. The molecule has 0 aliphatic carbocycles. The van der Waals surface area contributed by atoms with Crippen LogP contribution >= 0.6 is 0 Å². The molecule has 58 valence electrons. The lowest BCUT2D eigenvalue weighted by Crippen LogP contribution is -1.99. The highest BCUT2D eigenvalue weighted by molar-refractivity contribution is 5.88. The number of hydrogen-bond acceptors (Lipinski definition) is 2. The van der Waals surface area contributed by atoms with Crippen molar-refractivity contribution in [2.45, 2.75) is 39.5 Å². The molecule has 0 radical (unpaired) electrons. The summed E-state index contributed by atoms with van der Waals surface area (Å²) in [6.07, 6.45) is 3.22. The van der Waals surface area contributed by atoms with E-state index in [2.05, 4.69) is 0 Å². The van der Waals surface area contributed by atoms with E-state index in [1.54, 1.807) is 0 Å². The fourth-order valence-electron chi connectivity index (χ4n) is 0.655. The lowest BCUT2D eigenvalue weighted by Gasteiger charge is -1.99. The number of nitrogens with one attached hydrogen (secondary N) is 2. The first-order valence-corrected chi connectivity index (χ1v) is 3.83. The monoisotopic (exact) mass is 140 g/mol. The molecule has 0 aliphatic heterocycles. The lowest BCUT2D eigenvalue weighted by atomic mass is 10.1. The molecule has 0 aromatic carbocycles. The van der Waals surface area contributed by atoms with E-state index in [4.69, 9.17) is 10.8 Å². The van der Waals surface area contributed by atoms with Gasteiger partial charge in [-0.1, -0.05) is 13.8 Å². The minimum atomic E-state index is 0.762. The van der Waals surface area contributed by atoms with E-state index in [1.807, 2.05) is 13.8 Å². The van der Waals surface area contributed by atoms with Gasteiger partial charge in [0.05, 0.1) is 0 Å². The summed E-state index contributed by atoms with van der Waals surface area (Å²) in [5.41, 5.74) is 1.52. The fourth-order valence-corrected chi connectivity index (χ4v) is 0.655. The zero-order chi connectivity index (χ0) is 7.98. The van der Waals surface area contributed by atoms with Crippen molar-refractivity contribution >= 4 is 11.4 Å². The summed E-state index contributed by atoms with van der Waals surface area (Å²) in [7, 11) is 0. The first-order valence-electron chi connectivity index (χ1n) is 3.83. The summed E-state index contributed by atoms with van der Waals surface area (Å²) in [6.45, 7) is 3.97. The third-order valence-electron chi connectivity index (χ3n) is 1.58. The van der Waals surface area contributed by atoms with Gasteiger partial charge in [-0.15, -0.1) is 0 Å². The van der Waals surface area contributed by atoms with Gasteiger partial charge in [-0.2, -0.15) is 0 Å². The van der Waals surface area contributed by atoms with Gasteiger partial charge in [0.25, 0.3) is 0 Å². The quantitative estimate of drug-likeness (QED) is 0.551. The van der Waals surface area contributed by atoms with Crippen molar-refractivity contribution < 1.29 is 0 Å². The summed E-state index contributed by atoms with van der Waals surface area (Å²) in [5, 5.41) is 14.6. The second kappa shape index (κ2) is 5.15. The van der Waals surface area contributed by atoms with Crippen LogP contribution in [0.25, 0.3) is 0 Å². The van der Waals surface area contributed by atoms with E-state index in [1.165, 1.54) is 0 Å². The van der Waals surface area contributed by atoms with Crippen LogP contribution in [0.15, 0.2) is 0 Å². The van der Waals surface area contributed by atoms with Crippen molar-refractivity contribution in [1.82, 2.24) is 0 Å². The molecular formula is C8H16N2. The molecule has 10 heavy (non-hydrogen) atoms. The predicted molar refractivity (Wildman–Crippen MR) is 45.3 cm³/mol. The van der Waals surface area contributed by atoms with Gasteiger partial charge in [-0.25, -0.2) is 0 Å². The minimum Gasteiger partial charge on any atom is -0.310 e. The first-order chi connectivity index (χ1) is 4.70. The van der Waals surface area contributed by atoms with Crippen molar-refractivity contribution in [2.75, 3.05) is 0 Å². The highest BCUT2D eigenvalue weighted by Crippen LogP contribution is 1.98. The third kappa shape index (κ3) is 4.24. The molecule has 0 unspecified atom stereocenters. The molecule has 2 heteroatoms. The molecule has 0 spiro atoms. The Morgan fingerprint density at radius 2 is 1.20 bits per heavy atom. The van der Waals surface area contributed by atoms with Crippen LogP contribution in [-0.2, 0) is 0 Å². The molecule has 0 aromatic heterocycles. The average Bonchev–Trinajstić information content (AvgIpc) is 1.99. The number of rotatable bonds is 5. The standard InChI is InChI=1S/C8H16N2/c1-3-7(9)5-6-8(10)4-2/h9-10H,3-6H2,1-2H3. The molecular weight excluding hydrogens is 124 g/mol. The van der Waals surface area contributed by atoms with Crippen molar-refractivity contribution in [3.63, 3.8) is 0 Å². The Bertz CT molecular complexity index is 111. The lowest BCUT2D eigenvalue weighted by molar-refractivity contribution is 1.02. The Morgan fingerprint density at radius 3 is 1.40 bits per heavy atom. The zero-order valence-electron chi connectivity index (χ0n) is 6.83. The summed E-state index contributed by atoms with van der Waals surface area (Å²) < 4.78 is 0. The van der Waals surface area contributed by atoms with Gasteiger partial charge in [-0.05, 0) is 25.7 Å². The Labute approximate surface area is 62.7 Å². The van der Waals surface area contributed by atoms with Crippen LogP contribution in [0.1, 0.15) is 39.5 Å². The molecule has 0 atom stereocenters. The van der Waals surface area contributed by atoms with Crippen molar-refractivity contribution in [2.24, 2.45) is 0 Å². The van der Waals surface area contributed by atoms with E-state index in [-0.39, 0.29) is 0 Å². The Morgan fingerprint density at radius 1 is 0.900 bits per heavy atom. The van der Waals surface area contributed by atoms with E-state index in [9.17, 15) is 0 Å². The molecule has 0 amide bonds. The highest BCUT2D eigenvalue weighted by atomic mass is 14.4. The molecule has 2 nitrogen and oxygen atoms in total. The van der Waals surface area contributed by atoms with Gasteiger partial charge in [-0.3, -0.25) is 0 Å². The van der Waals surface area contributed by atoms with Crippen molar-refractivity contribution in [3.05, 3.63) is 0 Å². The van der Waals surface area contributed by atoms with E-state index in [0.717, 1.165) is 37.1 Å². The molecule has 0 bridgehead atoms. The van der Waals surface area contributed by atoms with Gasteiger partial charge in [0.1, 0.15) is 0 Å². The molecule has 0 saturated carbocycles. The Hall–Kier alpha value is -0.660. The van der Waals surface area contributed by atoms with Gasteiger partial charge >= 0.3 is 0 Å². The van der Waals surface area contributed by atoms with Gasteiger partial charge in [0.2, 0.25) is 0 Å². The maximum absolute atomic E-state index is 7.31. The second-order valence-corrected chi connectivity index (χ2v) is 2.41. The van der Waals surface area contributed by atoms with Crippen LogP contribution in [0.5, 0.6) is 0 Å². The van der Waals surface area contributed by atoms with Crippen LogP contribution < -0.4 is 0 Å². The maximum atomic E-state index is 7.31. The van der Waals surface area contributed by atoms with Gasteiger partial charge < -0.3 is 10.8 Å². The summed E-state index contributed by atoms with van der Waals surface area (Å²) >= 11 is 0. The predicted octanol–water partition coefficient (Wildman–Crippen LogP) is 2.63. The van der Waals surface area contributed by atoms with Gasteiger partial charge in [0.15, 0.2) is 0 Å². The third-order valence-corrected chi connectivity index (χ3v) is 1.58. The minimum absolute atomic E-state index is 0.762. The highest BCUT2D eigenvalue weighted by Gasteiger charge is 1.96. The second-order valence-electron chi connectivity index (χ2n) is 2.41. The molecule has 0 fully saturated rings. The molecule has 0 heterocycles. The fraction of sp³-hybridized carbons (Fsp3) is 0.750. The maximum Gasteiger partial charge on any atom is 0.00901 e. The van der Waals surface area contributed by atoms with Crippen LogP contribution in [0.2, 0.25) is 0 Å². The van der Waals surface area contributed by atoms with E-state index < -0.39 is 0 Å². The zero-order valence-corrected chi connectivity index (χ0v) is 6.83. The van der Waals surface area contributed by atoms with Crippen molar-refractivity contribution in [1.29, 1.82) is 10.8 Å². The Kier molecular flexibility index (Phi) is 4.81. The van der Waals surface area contributed by atoms with E-state index >= 15 is 0 Å². The van der Waals surface area contributed by atoms with Crippen LogP contribution in [0.3, 0.4) is 0 Å². The smallest absolute Gasteiger partial charge is 0.00901 e. The molecule has 0 saturated heterocycles. The molecule has 0 rings (SSSR count). The normalized spacial score (nSPS) is 9.40. The summed E-state index contributed by atoms with van der Waals surface area (Å²) in [6, 6.07) is 0.